The highest BCUT2D eigenvalue weighted by Gasteiger charge is 2.20. The molecule has 0 radical (unpaired) electrons. The largest absolute Gasteiger partial charge is 0.497 e. The number of ether oxygens (including phenoxy) is 1. The number of anilines is 1. The number of nitrogens with one attached hydrogen (secondary N) is 1. The van der Waals surface area contributed by atoms with Gasteiger partial charge >= 0.3 is 0 Å². The molecule has 0 aliphatic rings. The monoisotopic (exact) mass is 340 g/mol. The molecule has 118 valence electrons. The molecule has 2 aromatic rings. The van der Waals surface area contributed by atoms with E-state index in [9.17, 15) is 13.2 Å². The van der Waals surface area contributed by atoms with Gasteiger partial charge in [-0.05, 0) is 24.3 Å². The Bertz CT molecular complexity index is 782. The molecule has 0 aliphatic carbocycles. The van der Waals surface area contributed by atoms with Gasteiger partial charge in [-0.15, -0.1) is 11.3 Å². The highest BCUT2D eigenvalue weighted by atomic mass is 32.2. The molecule has 0 unspecified atom stereocenters. The van der Waals surface area contributed by atoms with Crippen LogP contribution in [0.4, 0.5) is 5.69 Å². The number of hydrogen-bond donors (Lipinski definition) is 1. The van der Waals surface area contributed by atoms with E-state index in [0.29, 0.717) is 16.3 Å². The van der Waals surface area contributed by atoms with Crippen LogP contribution in [0.5, 0.6) is 5.75 Å². The van der Waals surface area contributed by atoms with Crippen LogP contribution in [-0.4, -0.2) is 40.4 Å². The van der Waals surface area contributed by atoms with Crippen LogP contribution in [0.1, 0.15) is 9.67 Å². The Balaban J connectivity index is 2.25. The zero-order valence-electron chi connectivity index (χ0n) is 12.4. The normalized spacial score (nSPS) is 11.0. The molecule has 1 aromatic heterocycles. The van der Waals surface area contributed by atoms with E-state index in [1.165, 1.54) is 24.1 Å². The summed E-state index contributed by atoms with van der Waals surface area (Å²) in [6, 6.07) is 9.54. The van der Waals surface area contributed by atoms with Gasteiger partial charge < -0.3 is 9.64 Å². The number of carbonyl (C=O) groups excluding carboxylic acids is 1. The number of benzene rings is 1. The predicted octanol–water partition coefficient (Wildman–Crippen LogP) is 2.26. The number of rotatable bonds is 5. The predicted molar refractivity (Wildman–Crippen MR) is 86.1 cm³/mol. The standard InChI is InChI=1S/C14H16N2O4S2/c1-16(2)14(17)12-7-8-13(21-12)22(18,19)15-10-5-4-6-11(9-10)20-3/h4-9,15H,1-3H3. The first-order valence-electron chi connectivity index (χ1n) is 6.32. The molecule has 1 heterocycles. The second-order valence-corrected chi connectivity index (χ2v) is 7.65. The molecule has 6 nitrogen and oxygen atoms in total. The minimum atomic E-state index is -3.73. The Labute approximate surface area is 133 Å². The number of amides is 1. The third-order valence-corrected chi connectivity index (χ3v) is 5.73. The molecule has 1 amide bonds. The maximum Gasteiger partial charge on any atom is 0.271 e. The molecule has 1 N–H and O–H groups in total. The number of hydrogen-bond acceptors (Lipinski definition) is 5. The van der Waals surface area contributed by atoms with Crippen molar-refractivity contribution in [2.75, 3.05) is 25.9 Å². The lowest BCUT2D eigenvalue weighted by Gasteiger charge is -2.08. The molecule has 0 fully saturated rings. The number of carbonyl (C=O) groups is 1. The van der Waals surface area contributed by atoms with E-state index in [1.54, 1.807) is 38.4 Å². The Hall–Kier alpha value is -2.06. The first kappa shape index (κ1) is 16.3. The maximum absolute atomic E-state index is 12.3. The summed E-state index contributed by atoms with van der Waals surface area (Å²) in [5.41, 5.74) is 0.397. The van der Waals surface area contributed by atoms with Gasteiger partial charge in [-0.25, -0.2) is 8.42 Å². The summed E-state index contributed by atoms with van der Waals surface area (Å²) in [6.07, 6.45) is 0. The fourth-order valence-electron chi connectivity index (χ4n) is 1.69. The van der Waals surface area contributed by atoms with Gasteiger partial charge in [0.15, 0.2) is 0 Å². The molecule has 0 atom stereocenters. The molecule has 0 spiro atoms. The first-order chi connectivity index (χ1) is 10.3. The zero-order chi connectivity index (χ0) is 16.3. The molecule has 22 heavy (non-hydrogen) atoms. The number of sulfonamides is 1. The Morgan fingerprint density at radius 1 is 1.23 bits per heavy atom. The van der Waals surface area contributed by atoms with E-state index >= 15 is 0 Å². The van der Waals surface area contributed by atoms with Crippen LogP contribution in [0.3, 0.4) is 0 Å². The average Bonchev–Trinajstić information content (AvgIpc) is 2.96. The molecule has 8 heteroatoms. The zero-order valence-corrected chi connectivity index (χ0v) is 14.0. The van der Waals surface area contributed by atoms with Crippen molar-refractivity contribution in [3.8, 4) is 5.75 Å². The van der Waals surface area contributed by atoms with Crippen molar-refractivity contribution in [2.45, 2.75) is 4.21 Å². The van der Waals surface area contributed by atoms with Gasteiger partial charge in [0.1, 0.15) is 9.96 Å². The van der Waals surface area contributed by atoms with E-state index in [0.717, 1.165) is 11.3 Å². The van der Waals surface area contributed by atoms with E-state index < -0.39 is 10.0 Å². The van der Waals surface area contributed by atoms with Crippen LogP contribution < -0.4 is 9.46 Å². The molecular formula is C14H16N2O4S2. The summed E-state index contributed by atoms with van der Waals surface area (Å²) in [7, 11) is 1.00. The average molecular weight is 340 g/mol. The van der Waals surface area contributed by atoms with Crippen molar-refractivity contribution in [2.24, 2.45) is 0 Å². The second-order valence-electron chi connectivity index (χ2n) is 4.66. The van der Waals surface area contributed by atoms with Gasteiger partial charge in [-0.1, -0.05) is 6.07 Å². The van der Waals surface area contributed by atoms with Gasteiger partial charge in [0.25, 0.3) is 15.9 Å². The SMILES string of the molecule is COc1cccc(NS(=O)(=O)c2ccc(C(=O)N(C)C)s2)c1. The fraction of sp³-hybridized carbons (Fsp3) is 0.214. The van der Waals surface area contributed by atoms with Gasteiger partial charge in [-0.2, -0.15) is 0 Å². The lowest BCUT2D eigenvalue weighted by molar-refractivity contribution is 0.0832. The second kappa shape index (κ2) is 6.37. The molecule has 1 aromatic carbocycles. The molecule has 0 saturated heterocycles. The number of methoxy groups -OCH3 is 1. The molecule has 0 bridgehead atoms. The van der Waals surface area contributed by atoms with E-state index in [4.69, 9.17) is 4.74 Å². The molecule has 0 aliphatic heterocycles. The van der Waals surface area contributed by atoms with Crippen molar-refractivity contribution in [3.63, 3.8) is 0 Å². The fourth-order valence-corrected chi connectivity index (χ4v) is 4.07. The van der Waals surface area contributed by atoms with Crippen molar-refractivity contribution in [1.82, 2.24) is 4.90 Å². The van der Waals surface area contributed by atoms with Crippen LogP contribution in [0.15, 0.2) is 40.6 Å². The van der Waals surface area contributed by atoms with Gasteiger partial charge in [-0.3, -0.25) is 9.52 Å². The minimum Gasteiger partial charge on any atom is -0.497 e. The van der Waals surface area contributed by atoms with Crippen molar-refractivity contribution >= 4 is 33.0 Å². The molecular weight excluding hydrogens is 324 g/mol. The summed E-state index contributed by atoms with van der Waals surface area (Å²) >= 11 is 0.933. The van der Waals surface area contributed by atoms with Crippen LogP contribution in [0, 0.1) is 0 Å². The molecule has 2 rings (SSSR count). The highest BCUT2D eigenvalue weighted by Crippen LogP contribution is 2.26. The van der Waals surface area contributed by atoms with Gasteiger partial charge in [0.05, 0.1) is 17.7 Å². The number of nitrogens with zero attached hydrogens (tertiary/aromatic N) is 1. The summed E-state index contributed by atoms with van der Waals surface area (Å²) in [5.74, 6) is 0.322. The lowest BCUT2D eigenvalue weighted by Crippen LogP contribution is -2.20. The summed E-state index contributed by atoms with van der Waals surface area (Å²) < 4.78 is 32.3. The quantitative estimate of drug-likeness (QED) is 0.906. The summed E-state index contributed by atoms with van der Waals surface area (Å²) in [5, 5.41) is 0. The van der Waals surface area contributed by atoms with Crippen molar-refractivity contribution in [1.29, 1.82) is 0 Å². The summed E-state index contributed by atoms with van der Waals surface area (Å²) in [4.78, 5) is 13.6. The highest BCUT2D eigenvalue weighted by molar-refractivity contribution is 7.94. The third kappa shape index (κ3) is 3.58. The Morgan fingerprint density at radius 2 is 1.95 bits per heavy atom. The van der Waals surface area contributed by atoms with Crippen LogP contribution >= 0.6 is 11.3 Å². The lowest BCUT2D eigenvalue weighted by atomic mass is 10.3. The third-order valence-electron chi connectivity index (χ3n) is 2.79. The first-order valence-corrected chi connectivity index (χ1v) is 8.62. The van der Waals surface area contributed by atoms with E-state index in [2.05, 4.69) is 4.72 Å². The van der Waals surface area contributed by atoms with Crippen molar-refractivity contribution < 1.29 is 17.9 Å². The molecule has 0 saturated carbocycles. The minimum absolute atomic E-state index is 0.0838. The topological polar surface area (TPSA) is 75.7 Å². The Morgan fingerprint density at radius 3 is 2.59 bits per heavy atom. The van der Waals surface area contributed by atoms with Gasteiger partial charge in [0, 0.05) is 20.2 Å². The van der Waals surface area contributed by atoms with Crippen LogP contribution in [0.25, 0.3) is 0 Å². The maximum atomic E-state index is 12.3. The van der Waals surface area contributed by atoms with E-state index in [1.807, 2.05) is 0 Å². The van der Waals surface area contributed by atoms with E-state index in [-0.39, 0.29) is 10.1 Å². The summed E-state index contributed by atoms with van der Waals surface area (Å²) in [6.45, 7) is 0. The van der Waals surface area contributed by atoms with Crippen molar-refractivity contribution in [3.05, 3.63) is 41.3 Å². The number of thiophene rings is 1. The van der Waals surface area contributed by atoms with Crippen LogP contribution in [-0.2, 0) is 10.0 Å². The Kier molecular flexibility index (Phi) is 4.72. The van der Waals surface area contributed by atoms with Gasteiger partial charge in [0.2, 0.25) is 0 Å². The van der Waals surface area contributed by atoms with Crippen LogP contribution in [0.2, 0.25) is 0 Å². The smallest absolute Gasteiger partial charge is 0.271 e.